The second-order valence-electron chi connectivity index (χ2n) is 6.88. The van der Waals surface area contributed by atoms with Crippen LogP contribution >= 0.6 is 0 Å². The molecule has 2 heterocycles. The maximum Gasteiger partial charge on any atom is 0.229 e. The van der Waals surface area contributed by atoms with Crippen molar-refractivity contribution >= 4 is 23.1 Å². The van der Waals surface area contributed by atoms with Gasteiger partial charge in [0, 0.05) is 38.1 Å². The van der Waals surface area contributed by atoms with E-state index in [0.29, 0.717) is 5.95 Å². The topological polar surface area (TPSA) is 53.5 Å². The van der Waals surface area contributed by atoms with Gasteiger partial charge in [-0.05, 0) is 37.3 Å². The third-order valence-electron chi connectivity index (χ3n) is 4.98. The first-order chi connectivity index (χ1) is 13.7. The Labute approximate surface area is 165 Å². The SMILES string of the molecule is COc1ccccc1N1CCN(c2ccnc(Nc3ccc(C)cc3)n2)CC1. The molecule has 0 spiro atoms. The Balaban J connectivity index is 1.42. The number of hydrogen-bond acceptors (Lipinski definition) is 6. The van der Waals surface area contributed by atoms with E-state index in [1.54, 1.807) is 7.11 Å². The van der Waals surface area contributed by atoms with Crippen molar-refractivity contribution in [2.24, 2.45) is 0 Å². The zero-order valence-electron chi connectivity index (χ0n) is 16.3. The van der Waals surface area contributed by atoms with E-state index in [0.717, 1.165) is 49.1 Å². The summed E-state index contributed by atoms with van der Waals surface area (Å²) in [5, 5.41) is 3.28. The number of methoxy groups -OCH3 is 1. The van der Waals surface area contributed by atoms with Crippen LogP contribution in [0.25, 0.3) is 0 Å². The second kappa shape index (κ2) is 8.17. The summed E-state index contributed by atoms with van der Waals surface area (Å²) in [5.74, 6) is 2.49. The fourth-order valence-electron chi connectivity index (χ4n) is 3.42. The summed E-state index contributed by atoms with van der Waals surface area (Å²) in [4.78, 5) is 13.7. The Kier molecular flexibility index (Phi) is 5.28. The van der Waals surface area contributed by atoms with Crippen LogP contribution in [-0.2, 0) is 0 Å². The Hall–Kier alpha value is -3.28. The molecule has 4 rings (SSSR count). The Morgan fingerprint density at radius 3 is 2.36 bits per heavy atom. The largest absolute Gasteiger partial charge is 0.495 e. The van der Waals surface area contributed by atoms with Gasteiger partial charge in [0.2, 0.25) is 5.95 Å². The Morgan fingerprint density at radius 2 is 1.61 bits per heavy atom. The van der Waals surface area contributed by atoms with Crippen molar-refractivity contribution in [3.63, 3.8) is 0 Å². The third-order valence-corrected chi connectivity index (χ3v) is 4.98. The van der Waals surface area contributed by atoms with Crippen molar-refractivity contribution in [3.05, 3.63) is 66.4 Å². The van der Waals surface area contributed by atoms with E-state index in [-0.39, 0.29) is 0 Å². The number of para-hydroxylation sites is 2. The molecule has 6 heteroatoms. The molecular formula is C22H25N5O. The van der Waals surface area contributed by atoms with Gasteiger partial charge in [-0.15, -0.1) is 0 Å². The van der Waals surface area contributed by atoms with E-state index in [4.69, 9.17) is 9.72 Å². The molecule has 1 N–H and O–H groups in total. The summed E-state index contributed by atoms with van der Waals surface area (Å²) in [7, 11) is 1.72. The van der Waals surface area contributed by atoms with Crippen LogP contribution < -0.4 is 19.9 Å². The maximum absolute atomic E-state index is 5.51. The highest BCUT2D eigenvalue weighted by atomic mass is 16.5. The van der Waals surface area contributed by atoms with Gasteiger partial charge in [0.15, 0.2) is 0 Å². The molecule has 0 saturated carbocycles. The highest BCUT2D eigenvalue weighted by Gasteiger charge is 2.20. The van der Waals surface area contributed by atoms with Crippen LogP contribution in [0.2, 0.25) is 0 Å². The summed E-state index contributed by atoms with van der Waals surface area (Å²) in [6.07, 6.45) is 1.81. The molecule has 144 valence electrons. The highest BCUT2D eigenvalue weighted by Crippen LogP contribution is 2.29. The monoisotopic (exact) mass is 375 g/mol. The van der Waals surface area contributed by atoms with Gasteiger partial charge in [-0.2, -0.15) is 4.98 Å². The number of nitrogens with one attached hydrogen (secondary N) is 1. The van der Waals surface area contributed by atoms with Crippen LogP contribution in [0.1, 0.15) is 5.56 Å². The van der Waals surface area contributed by atoms with E-state index >= 15 is 0 Å². The van der Waals surface area contributed by atoms with Crippen molar-refractivity contribution < 1.29 is 4.74 Å². The summed E-state index contributed by atoms with van der Waals surface area (Å²) in [6.45, 7) is 5.72. The van der Waals surface area contributed by atoms with E-state index in [9.17, 15) is 0 Å². The normalized spacial score (nSPS) is 14.1. The first kappa shape index (κ1) is 18.1. The number of nitrogens with zero attached hydrogens (tertiary/aromatic N) is 4. The average molecular weight is 375 g/mol. The summed E-state index contributed by atoms with van der Waals surface area (Å²) >= 11 is 0. The van der Waals surface area contributed by atoms with Crippen LogP contribution in [0.4, 0.5) is 23.1 Å². The predicted molar refractivity (Wildman–Crippen MR) is 114 cm³/mol. The average Bonchev–Trinajstić information content (AvgIpc) is 2.76. The third kappa shape index (κ3) is 4.01. The molecular weight excluding hydrogens is 350 g/mol. The molecule has 0 amide bonds. The zero-order chi connectivity index (χ0) is 19.3. The first-order valence-electron chi connectivity index (χ1n) is 9.52. The second-order valence-corrected chi connectivity index (χ2v) is 6.88. The van der Waals surface area contributed by atoms with Gasteiger partial charge < -0.3 is 19.9 Å². The van der Waals surface area contributed by atoms with E-state index in [1.807, 2.05) is 36.5 Å². The lowest BCUT2D eigenvalue weighted by atomic mass is 10.2. The fourth-order valence-corrected chi connectivity index (χ4v) is 3.42. The molecule has 1 aliphatic heterocycles. The van der Waals surface area contributed by atoms with E-state index in [2.05, 4.69) is 51.3 Å². The minimum Gasteiger partial charge on any atom is -0.495 e. The molecule has 0 atom stereocenters. The molecule has 28 heavy (non-hydrogen) atoms. The van der Waals surface area contributed by atoms with Gasteiger partial charge in [0.1, 0.15) is 11.6 Å². The Bertz CT molecular complexity index is 920. The lowest BCUT2D eigenvalue weighted by Gasteiger charge is -2.37. The number of piperazine rings is 1. The van der Waals surface area contributed by atoms with Gasteiger partial charge in [0.05, 0.1) is 12.8 Å². The van der Waals surface area contributed by atoms with Crippen LogP contribution in [0.5, 0.6) is 5.75 Å². The standard InChI is InChI=1S/C22H25N5O/c1-17-7-9-18(10-8-17)24-22-23-12-11-21(25-22)27-15-13-26(14-16-27)19-5-3-4-6-20(19)28-2/h3-12H,13-16H2,1-2H3,(H,23,24,25). The van der Waals surface area contributed by atoms with Crippen molar-refractivity contribution in [1.82, 2.24) is 9.97 Å². The summed E-state index contributed by atoms with van der Waals surface area (Å²) in [6, 6.07) is 18.4. The smallest absolute Gasteiger partial charge is 0.229 e. The van der Waals surface area contributed by atoms with Crippen molar-refractivity contribution in [2.75, 3.05) is 48.4 Å². The Morgan fingerprint density at radius 1 is 0.893 bits per heavy atom. The number of rotatable bonds is 5. The van der Waals surface area contributed by atoms with Gasteiger partial charge in [-0.1, -0.05) is 29.8 Å². The van der Waals surface area contributed by atoms with Crippen LogP contribution in [0.3, 0.4) is 0 Å². The van der Waals surface area contributed by atoms with Gasteiger partial charge in [0.25, 0.3) is 0 Å². The number of aromatic nitrogens is 2. The lowest BCUT2D eigenvalue weighted by Crippen LogP contribution is -2.47. The molecule has 1 aliphatic rings. The molecule has 3 aromatic rings. The summed E-state index contributed by atoms with van der Waals surface area (Å²) in [5.41, 5.74) is 3.37. The number of anilines is 4. The van der Waals surface area contributed by atoms with E-state index in [1.165, 1.54) is 5.56 Å². The first-order valence-corrected chi connectivity index (χ1v) is 9.52. The van der Waals surface area contributed by atoms with Crippen LogP contribution in [-0.4, -0.2) is 43.3 Å². The number of benzene rings is 2. The molecule has 1 fully saturated rings. The molecule has 0 bridgehead atoms. The molecule has 0 aliphatic carbocycles. The van der Waals surface area contributed by atoms with Gasteiger partial charge in [-0.25, -0.2) is 4.98 Å². The maximum atomic E-state index is 5.51. The van der Waals surface area contributed by atoms with Crippen molar-refractivity contribution in [3.8, 4) is 5.75 Å². The van der Waals surface area contributed by atoms with Crippen molar-refractivity contribution in [1.29, 1.82) is 0 Å². The summed E-state index contributed by atoms with van der Waals surface area (Å²) < 4.78 is 5.51. The number of hydrogen-bond donors (Lipinski definition) is 1. The predicted octanol–water partition coefficient (Wildman–Crippen LogP) is 3.86. The molecule has 6 nitrogen and oxygen atoms in total. The quantitative estimate of drug-likeness (QED) is 0.731. The number of aryl methyl sites for hydroxylation is 1. The number of ether oxygens (including phenoxy) is 1. The zero-order valence-corrected chi connectivity index (χ0v) is 16.3. The minimum absolute atomic E-state index is 0.619. The fraction of sp³-hybridized carbons (Fsp3) is 0.273. The molecule has 0 radical (unpaired) electrons. The minimum atomic E-state index is 0.619. The highest BCUT2D eigenvalue weighted by molar-refractivity contribution is 5.60. The van der Waals surface area contributed by atoms with Gasteiger partial charge >= 0.3 is 0 Å². The van der Waals surface area contributed by atoms with Crippen LogP contribution in [0, 0.1) is 6.92 Å². The lowest BCUT2D eigenvalue weighted by molar-refractivity contribution is 0.413. The molecule has 1 saturated heterocycles. The van der Waals surface area contributed by atoms with Gasteiger partial charge in [-0.3, -0.25) is 0 Å². The van der Waals surface area contributed by atoms with E-state index < -0.39 is 0 Å². The van der Waals surface area contributed by atoms with Crippen LogP contribution in [0.15, 0.2) is 60.8 Å². The molecule has 0 unspecified atom stereocenters. The molecule has 2 aromatic carbocycles. The van der Waals surface area contributed by atoms with Crippen molar-refractivity contribution in [2.45, 2.75) is 6.92 Å². The molecule has 1 aromatic heterocycles.